The Labute approximate surface area is 136 Å². The zero-order valence-corrected chi connectivity index (χ0v) is 14.9. The average molecular weight is 310 g/mol. The van der Waals surface area contributed by atoms with Gasteiger partial charge < -0.3 is 15.0 Å². The molecule has 1 N–H and O–H groups in total. The molecule has 0 amide bonds. The number of hydrogen-bond acceptors (Lipinski definition) is 3. The van der Waals surface area contributed by atoms with E-state index in [-0.39, 0.29) is 5.41 Å². The fraction of sp³-hybridized carbons (Fsp3) is 0.941. The first kappa shape index (κ1) is 17.5. The summed E-state index contributed by atoms with van der Waals surface area (Å²) in [5, 5.41) is 3.47. The molecule has 2 rings (SSSR count). The highest BCUT2D eigenvalue weighted by Gasteiger charge is 2.30. The van der Waals surface area contributed by atoms with E-state index in [1.54, 1.807) is 0 Å². The minimum absolute atomic E-state index is 0.222. The van der Waals surface area contributed by atoms with E-state index in [0.717, 1.165) is 70.8 Å². The minimum Gasteiger partial charge on any atom is -0.381 e. The lowest BCUT2D eigenvalue weighted by atomic mass is 9.90. The molecule has 22 heavy (non-hydrogen) atoms. The lowest BCUT2D eigenvalue weighted by Gasteiger charge is -2.37. The number of aliphatic imine (C=N–C) groups is 1. The van der Waals surface area contributed by atoms with Crippen molar-refractivity contribution in [1.29, 1.82) is 0 Å². The fourth-order valence-electron chi connectivity index (χ4n) is 3.18. The van der Waals surface area contributed by atoms with Crippen LogP contribution in [0.3, 0.4) is 0 Å². The number of hydrogen-bond donors (Lipinski definition) is 1. The largest absolute Gasteiger partial charge is 0.381 e. The maximum Gasteiger partial charge on any atom is 0.194 e. The fourth-order valence-corrected chi connectivity index (χ4v) is 3.18. The second-order valence-corrected chi connectivity index (χ2v) is 7.46. The van der Waals surface area contributed by atoms with E-state index in [0.29, 0.717) is 0 Å². The summed E-state index contributed by atoms with van der Waals surface area (Å²) in [6.45, 7) is 18.2. The first-order chi connectivity index (χ1) is 10.5. The van der Waals surface area contributed by atoms with Gasteiger partial charge >= 0.3 is 0 Å². The van der Waals surface area contributed by atoms with Gasteiger partial charge in [-0.2, -0.15) is 0 Å². The smallest absolute Gasteiger partial charge is 0.194 e. The minimum atomic E-state index is 0.222. The third-order valence-electron chi connectivity index (χ3n) is 4.54. The monoisotopic (exact) mass is 310 g/mol. The Hall–Kier alpha value is -0.810. The van der Waals surface area contributed by atoms with Crippen molar-refractivity contribution in [3.8, 4) is 0 Å². The Balaban J connectivity index is 1.88. The van der Waals surface area contributed by atoms with Crippen LogP contribution in [0, 0.1) is 11.3 Å². The van der Waals surface area contributed by atoms with Gasteiger partial charge in [0.25, 0.3) is 0 Å². The van der Waals surface area contributed by atoms with Crippen molar-refractivity contribution in [2.24, 2.45) is 16.3 Å². The van der Waals surface area contributed by atoms with Crippen LogP contribution in [-0.4, -0.2) is 74.8 Å². The van der Waals surface area contributed by atoms with Crippen LogP contribution in [0.2, 0.25) is 0 Å². The molecular weight excluding hydrogens is 276 g/mol. The van der Waals surface area contributed by atoms with Crippen molar-refractivity contribution in [2.75, 3.05) is 59.0 Å². The van der Waals surface area contributed by atoms with Crippen LogP contribution >= 0.6 is 0 Å². The number of piperazine rings is 1. The molecule has 1 unspecified atom stereocenters. The predicted octanol–water partition coefficient (Wildman–Crippen LogP) is 1.65. The molecule has 0 saturated carbocycles. The molecule has 0 aromatic rings. The van der Waals surface area contributed by atoms with Crippen molar-refractivity contribution in [3.05, 3.63) is 0 Å². The maximum atomic E-state index is 5.54. The summed E-state index contributed by atoms with van der Waals surface area (Å²) in [7, 11) is 0. The molecular formula is C17H34N4O. The van der Waals surface area contributed by atoms with Gasteiger partial charge in [-0.15, -0.1) is 0 Å². The van der Waals surface area contributed by atoms with Gasteiger partial charge in [-0.3, -0.25) is 9.89 Å². The molecule has 0 spiro atoms. The van der Waals surface area contributed by atoms with Crippen LogP contribution in [-0.2, 0) is 4.74 Å². The second kappa shape index (κ2) is 8.16. The van der Waals surface area contributed by atoms with Crippen molar-refractivity contribution < 1.29 is 4.74 Å². The number of nitrogens with zero attached hydrogens (tertiary/aromatic N) is 3. The van der Waals surface area contributed by atoms with Crippen LogP contribution < -0.4 is 5.32 Å². The van der Waals surface area contributed by atoms with E-state index < -0.39 is 0 Å². The number of rotatable bonds is 5. The number of guanidine groups is 1. The molecule has 0 bridgehead atoms. The number of ether oxygens (including phenoxy) is 1. The summed E-state index contributed by atoms with van der Waals surface area (Å²) in [6, 6.07) is 0. The van der Waals surface area contributed by atoms with Crippen LogP contribution in [0.15, 0.2) is 4.99 Å². The van der Waals surface area contributed by atoms with Gasteiger partial charge in [-0.1, -0.05) is 20.8 Å². The molecule has 0 aliphatic carbocycles. The molecule has 2 heterocycles. The van der Waals surface area contributed by atoms with Crippen LogP contribution in [0.1, 0.15) is 34.1 Å². The van der Waals surface area contributed by atoms with E-state index in [4.69, 9.17) is 9.73 Å². The van der Waals surface area contributed by atoms with E-state index >= 15 is 0 Å². The van der Waals surface area contributed by atoms with E-state index in [1.165, 1.54) is 6.54 Å². The highest BCUT2D eigenvalue weighted by molar-refractivity contribution is 5.80. The van der Waals surface area contributed by atoms with Gasteiger partial charge in [0.1, 0.15) is 0 Å². The quantitative estimate of drug-likeness (QED) is 0.619. The van der Waals surface area contributed by atoms with Gasteiger partial charge in [0.05, 0.1) is 13.2 Å². The van der Waals surface area contributed by atoms with Crippen molar-refractivity contribution >= 4 is 5.96 Å². The van der Waals surface area contributed by atoms with E-state index in [2.05, 4.69) is 42.8 Å². The van der Waals surface area contributed by atoms with Crippen LogP contribution in [0.5, 0.6) is 0 Å². The molecule has 2 saturated heterocycles. The molecule has 128 valence electrons. The lowest BCUT2D eigenvalue weighted by Crippen LogP contribution is -2.53. The van der Waals surface area contributed by atoms with E-state index in [1.807, 2.05) is 0 Å². The standard InChI is InChI=1S/C17H34N4O/c1-5-18-16(19-13-17(4)6-11-22-14-17)21-9-7-20(8-10-21)12-15(2)3/h15H,5-14H2,1-4H3,(H,18,19). The number of nitrogens with one attached hydrogen (secondary N) is 1. The van der Waals surface area contributed by atoms with Gasteiger partial charge in [-0.05, 0) is 19.3 Å². The summed E-state index contributed by atoms with van der Waals surface area (Å²) >= 11 is 0. The van der Waals surface area contributed by atoms with Crippen molar-refractivity contribution in [2.45, 2.75) is 34.1 Å². The lowest BCUT2D eigenvalue weighted by molar-refractivity contribution is 0.159. The summed E-state index contributed by atoms with van der Waals surface area (Å²) in [5.74, 6) is 1.83. The topological polar surface area (TPSA) is 40.1 Å². The summed E-state index contributed by atoms with van der Waals surface area (Å²) in [4.78, 5) is 9.89. The first-order valence-corrected chi connectivity index (χ1v) is 8.86. The predicted molar refractivity (Wildman–Crippen MR) is 92.4 cm³/mol. The highest BCUT2D eigenvalue weighted by Crippen LogP contribution is 2.27. The normalized spacial score (nSPS) is 27.7. The molecule has 2 fully saturated rings. The van der Waals surface area contributed by atoms with Crippen LogP contribution in [0.4, 0.5) is 0 Å². The highest BCUT2D eigenvalue weighted by atomic mass is 16.5. The molecule has 2 aliphatic heterocycles. The van der Waals surface area contributed by atoms with E-state index in [9.17, 15) is 0 Å². The summed E-state index contributed by atoms with van der Waals surface area (Å²) in [6.07, 6.45) is 1.12. The van der Waals surface area contributed by atoms with Gasteiger partial charge in [0.2, 0.25) is 0 Å². The zero-order valence-electron chi connectivity index (χ0n) is 14.9. The van der Waals surface area contributed by atoms with Crippen LogP contribution in [0.25, 0.3) is 0 Å². The second-order valence-electron chi connectivity index (χ2n) is 7.46. The Kier molecular flexibility index (Phi) is 6.50. The Morgan fingerprint density at radius 1 is 1.27 bits per heavy atom. The SMILES string of the molecule is CCNC(=NCC1(C)CCOC1)N1CCN(CC(C)C)CC1. The van der Waals surface area contributed by atoms with Crippen molar-refractivity contribution in [1.82, 2.24) is 15.1 Å². The van der Waals surface area contributed by atoms with Crippen molar-refractivity contribution in [3.63, 3.8) is 0 Å². The molecule has 5 heteroatoms. The molecule has 2 aliphatic rings. The molecule has 0 aromatic heterocycles. The molecule has 0 radical (unpaired) electrons. The van der Waals surface area contributed by atoms with Gasteiger partial charge in [0, 0.05) is 51.3 Å². The maximum absolute atomic E-state index is 5.54. The summed E-state index contributed by atoms with van der Waals surface area (Å²) in [5.41, 5.74) is 0.222. The third-order valence-corrected chi connectivity index (χ3v) is 4.54. The van der Waals surface area contributed by atoms with Gasteiger partial charge in [0.15, 0.2) is 5.96 Å². The Bertz CT molecular complexity index is 356. The van der Waals surface area contributed by atoms with Gasteiger partial charge in [-0.25, -0.2) is 0 Å². The molecule has 5 nitrogen and oxygen atoms in total. The molecule has 1 atom stereocenters. The first-order valence-electron chi connectivity index (χ1n) is 8.86. The molecule has 0 aromatic carbocycles. The Morgan fingerprint density at radius 3 is 2.55 bits per heavy atom. The zero-order chi connectivity index (χ0) is 16.0. The Morgan fingerprint density at radius 2 is 2.00 bits per heavy atom. The summed E-state index contributed by atoms with van der Waals surface area (Å²) < 4.78 is 5.54. The average Bonchev–Trinajstić information content (AvgIpc) is 2.91. The third kappa shape index (κ3) is 5.13.